The molecule has 94 valence electrons. The molecule has 0 aromatic rings. The van der Waals surface area contributed by atoms with Crippen molar-refractivity contribution in [2.45, 2.75) is 73.1 Å². The highest BCUT2D eigenvalue weighted by Gasteiger charge is 2.20. The fraction of sp³-hybridized carbons (Fsp3) is 0.875. The Morgan fingerprint density at radius 1 is 1.12 bits per heavy atom. The minimum Gasteiger partial charge on any atom is -0.0713 e. The summed E-state index contributed by atoms with van der Waals surface area (Å²) in [4.78, 5) is 0. The maximum absolute atomic E-state index is 2.44. The normalized spacial score (nSPS) is 25.7. The number of rotatable bonds is 5. The van der Waals surface area contributed by atoms with Gasteiger partial charge in [0.2, 0.25) is 0 Å². The summed E-state index contributed by atoms with van der Waals surface area (Å²) in [5, 5.41) is 0. The summed E-state index contributed by atoms with van der Waals surface area (Å²) < 4.78 is 0. The molecule has 0 fully saturated rings. The van der Waals surface area contributed by atoms with Crippen LogP contribution in [-0.2, 0) is 0 Å². The van der Waals surface area contributed by atoms with Crippen LogP contribution in [0.25, 0.3) is 0 Å². The Balaban J connectivity index is 2.64. The summed E-state index contributed by atoms with van der Waals surface area (Å²) in [7, 11) is 0. The molecule has 0 heterocycles. The molecular weight excluding hydrogens is 192 g/mol. The lowest BCUT2D eigenvalue weighted by molar-refractivity contribution is 0.357. The monoisotopic (exact) mass is 222 g/mol. The van der Waals surface area contributed by atoms with Crippen LogP contribution in [0, 0.1) is 17.8 Å². The maximum atomic E-state index is 2.44. The van der Waals surface area contributed by atoms with E-state index in [0.717, 1.165) is 17.8 Å². The summed E-state index contributed by atoms with van der Waals surface area (Å²) in [6.45, 7) is 11.9. The first kappa shape index (κ1) is 13.8. The molecule has 0 radical (unpaired) electrons. The van der Waals surface area contributed by atoms with Crippen LogP contribution in [-0.4, -0.2) is 0 Å². The number of allylic oxidation sites excluding steroid dienone is 2. The van der Waals surface area contributed by atoms with E-state index in [1.807, 2.05) is 5.57 Å². The van der Waals surface area contributed by atoms with Gasteiger partial charge in [0.05, 0.1) is 0 Å². The predicted octanol–water partition coefficient (Wildman–Crippen LogP) is 5.59. The summed E-state index contributed by atoms with van der Waals surface area (Å²) in [6.07, 6.45) is 8.15. The molecule has 0 aliphatic heterocycles. The molecule has 1 rings (SSSR count). The van der Waals surface area contributed by atoms with Crippen LogP contribution in [0.2, 0.25) is 0 Å². The molecule has 0 heteroatoms. The lowest BCUT2D eigenvalue weighted by Gasteiger charge is -2.28. The minimum absolute atomic E-state index is 0.867. The van der Waals surface area contributed by atoms with Gasteiger partial charge >= 0.3 is 0 Å². The SMILES string of the molecule is CCC1=C(CC(C)C(C)CC)CC(C)CC1. The average Bonchev–Trinajstić information content (AvgIpc) is 2.28. The summed E-state index contributed by atoms with van der Waals surface area (Å²) in [5.74, 6) is 2.67. The zero-order chi connectivity index (χ0) is 12.1. The van der Waals surface area contributed by atoms with Crippen molar-refractivity contribution >= 4 is 0 Å². The van der Waals surface area contributed by atoms with Crippen molar-refractivity contribution in [3.05, 3.63) is 11.1 Å². The molecule has 0 saturated carbocycles. The van der Waals surface area contributed by atoms with Crippen LogP contribution >= 0.6 is 0 Å². The largest absolute Gasteiger partial charge is 0.0713 e. The van der Waals surface area contributed by atoms with E-state index >= 15 is 0 Å². The van der Waals surface area contributed by atoms with Gasteiger partial charge in [0.15, 0.2) is 0 Å². The first-order valence-electron chi connectivity index (χ1n) is 7.28. The zero-order valence-electron chi connectivity index (χ0n) is 12.0. The number of hydrogen-bond donors (Lipinski definition) is 0. The van der Waals surface area contributed by atoms with E-state index in [0.29, 0.717) is 0 Å². The van der Waals surface area contributed by atoms with Crippen LogP contribution in [0.5, 0.6) is 0 Å². The van der Waals surface area contributed by atoms with E-state index in [1.54, 1.807) is 5.57 Å². The highest BCUT2D eigenvalue weighted by atomic mass is 14.3. The second-order valence-corrected chi connectivity index (χ2v) is 5.98. The Kier molecular flexibility index (Phi) is 5.58. The van der Waals surface area contributed by atoms with Crippen LogP contribution in [0.15, 0.2) is 11.1 Å². The predicted molar refractivity (Wildman–Crippen MR) is 73.6 cm³/mol. The van der Waals surface area contributed by atoms with Crippen LogP contribution < -0.4 is 0 Å². The molecule has 3 atom stereocenters. The third-order valence-corrected chi connectivity index (χ3v) is 4.64. The van der Waals surface area contributed by atoms with Crippen molar-refractivity contribution < 1.29 is 0 Å². The molecule has 0 spiro atoms. The van der Waals surface area contributed by atoms with E-state index < -0.39 is 0 Å². The molecule has 16 heavy (non-hydrogen) atoms. The van der Waals surface area contributed by atoms with Gasteiger partial charge in [-0.3, -0.25) is 0 Å². The van der Waals surface area contributed by atoms with Crippen molar-refractivity contribution in [1.82, 2.24) is 0 Å². The third-order valence-electron chi connectivity index (χ3n) is 4.64. The Morgan fingerprint density at radius 3 is 2.38 bits per heavy atom. The standard InChI is InChI=1S/C16H30/c1-6-13(4)14(5)11-16-10-12(3)8-9-15(16)7-2/h12-14H,6-11H2,1-5H3. The average molecular weight is 222 g/mol. The van der Waals surface area contributed by atoms with Crippen molar-refractivity contribution in [2.24, 2.45) is 17.8 Å². The van der Waals surface area contributed by atoms with Gasteiger partial charge < -0.3 is 0 Å². The van der Waals surface area contributed by atoms with Crippen molar-refractivity contribution in [1.29, 1.82) is 0 Å². The van der Waals surface area contributed by atoms with Crippen molar-refractivity contribution in [3.8, 4) is 0 Å². The first-order valence-corrected chi connectivity index (χ1v) is 7.28. The van der Waals surface area contributed by atoms with Crippen molar-refractivity contribution in [2.75, 3.05) is 0 Å². The van der Waals surface area contributed by atoms with Gasteiger partial charge in [-0.05, 0) is 49.9 Å². The number of hydrogen-bond acceptors (Lipinski definition) is 0. The summed E-state index contributed by atoms with van der Waals surface area (Å²) >= 11 is 0. The van der Waals surface area contributed by atoms with Gasteiger partial charge in [-0.1, -0.05) is 52.2 Å². The molecule has 1 aliphatic carbocycles. The fourth-order valence-corrected chi connectivity index (χ4v) is 2.91. The fourth-order valence-electron chi connectivity index (χ4n) is 2.91. The molecule has 0 saturated heterocycles. The van der Waals surface area contributed by atoms with E-state index in [-0.39, 0.29) is 0 Å². The molecule has 1 aliphatic rings. The van der Waals surface area contributed by atoms with Gasteiger partial charge in [0, 0.05) is 0 Å². The molecule has 0 aromatic heterocycles. The lowest BCUT2D eigenvalue weighted by Crippen LogP contribution is -2.13. The van der Waals surface area contributed by atoms with Crippen LogP contribution in [0.1, 0.15) is 73.1 Å². The Hall–Kier alpha value is -0.260. The summed E-state index contributed by atoms with van der Waals surface area (Å²) in [5.41, 5.74) is 3.60. The molecular formula is C16H30. The summed E-state index contributed by atoms with van der Waals surface area (Å²) in [6, 6.07) is 0. The van der Waals surface area contributed by atoms with Crippen LogP contribution in [0.4, 0.5) is 0 Å². The second kappa shape index (κ2) is 6.47. The second-order valence-electron chi connectivity index (χ2n) is 5.98. The molecule has 0 aromatic carbocycles. The first-order chi connectivity index (χ1) is 7.58. The van der Waals surface area contributed by atoms with Gasteiger partial charge in [0.1, 0.15) is 0 Å². The van der Waals surface area contributed by atoms with Crippen LogP contribution in [0.3, 0.4) is 0 Å². The molecule has 0 N–H and O–H groups in total. The lowest BCUT2D eigenvalue weighted by atomic mass is 9.78. The van der Waals surface area contributed by atoms with E-state index in [9.17, 15) is 0 Å². The van der Waals surface area contributed by atoms with E-state index in [1.165, 1.54) is 38.5 Å². The molecule has 0 amide bonds. The highest BCUT2D eigenvalue weighted by molar-refractivity contribution is 5.18. The van der Waals surface area contributed by atoms with Gasteiger partial charge in [0.25, 0.3) is 0 Å². The molecule has 0 nitrogen and oxygen atoms in total. The quantitative estimate of drug-likeness (QED) is 0.532. The highest BCUT2D eigenvalue weighted by Crippen LogP contribution is 2.35. The molecule has 3 unspecified atom stereocenters. The van der Waals surface area contributed by atoms with Gasteiger partial charge in [-0.2, -0.15) is 0 Å². The van der Waals surface area contributed by atoms with Gasteiger partial charge in [-0.25, -0.2) is 0 Å². The van der Waals surface area contributed by atoms with Gasteiger partial charge in [-0.15, -0.1) is 0 Å². The Morgan fingerprint density at radius 2 is 1.81 bits per heavy atom. The maximum Gasteiger partial charge on any atom is -0.0289 e. The zero-order valence-corrected chi connectivity index (χ0v) is 12.0. The topological polar surface area (TPSA) is 0 Å². The van der Waals surface area contributed by atoms with E-state index in [2.05, 4.69) is 34.6 Å². The van der Waals surface area contributed by atoms with E-state index in [4.69, 9.17) is 0 Å². The molecule has 0 bridgehead atoms. The smallest absolute Gasteiger partial charge is 0.0289 e. The minimum atomic E-state index is 0.867. The van der Waals surface area contributed by atoms with Crippen molar-refractivity contribution in [3.63, 3.8) is 0 Å². The Labute approximate surface area is 103 Å². The third kappa shape index (κ3) is 3.64. The Bertz CT molecular complexity index is 236.